The molecule has 0 spiro atoms. The molecule has 2 amide bonds. The second-order valence-electron chi connectivity index (χ2n) is 5.79. The van der Waals surface area contributed by atoms with Crippen LogP contribution in [0.3, 0.4) is 0 Å². The summed E-state index contributed by atoms with van der Waals surface area (Å²) in [5.41, 5.74) is 2.47. The first-order valence-electron chi connectivity index (χ1n) is 8.18. The molecule has 3 aromatic rings. The predicted molar refractivity (Wildman–Crippen MR) is 114 cm³/mol. The van der Waals surface area contributed by atoms with Crippen molar-refractivity contribution in [2.24, 2.45) is 0 Å². The second kappa shape index (κ2) is 8.26. The van der Waals surface area contributed by atoms with E-state index in [1.165, 1.54) is 14.0 Å². The first-order valence-corrected chi connectivity index (χ1v) is 9.26. The first kappa shape index (κ1) is 19.0. The molecule has 0 aliphatic carbocycles. The second-order valence-corrected chi connectivity index (χ2v) is 7.04. The van der Waals surface area contributed by atoms with E-state index >= 15 is 0 Å². The summed E-state index contributed by atoms with van der Waals surface area (Å²) in [5.74, 6) is 0.0487. The molecule has 0 radical (unpaired) electrons. The fraction of sp³-hybridized carbons (Fsp3) is 0.100. The molecule has 3 rings (SSSR count). The summed E-state index contributed by atoms with van der Waals surface area (Å²) in [6, 6.07) is 16.5. The molecule has 27 heavy (non-hydrogen) atoms. The lowest BCUT2D eigenvalue weighted by molar-refractivity contribution is -0.114. The number of anilines is 2. The van der Waals surface area contributed by atoms with E-state index in [9.17, 15) is 9.59 Å². The van der Waals surface area contributed by atoms with Crippen molar-refractivity contribution >= 4 is 45.8 Å². The average molecular weight is 475 g/mol. The fourth-order valence-corrected chi connectivity index (χ4v) is 3.21. The van der Waals surface area contributed by atoms with E-state index in [-0.39, 0.29) is 11.8 Å². The molecule has 0 aliphatic rings. The Kier molecular flexibility index (Phi) is 5.80. The van der Waals surface area contributed by atoms with Crippen LogP contribution in [0, 0.1) is 3.57 Å². The summed E-state index contributed by atoms with van der Waals surface area (Å²) in [6.07, 6.45) is 1.84. The summed E-state index contributed by atoms with van der Waals surface area (Å²) < 4.78 is 8.15. The van der Waals surface area contributed by atoms with Gasteiger partial charge in [-0.05, 0) is 71.1 Å². The molecule has 1 heterocycles. The minimum atomic E-state index is -0.252. The SMILES string of the molecule is COc1ccc(NC(=O)c2cccn2-c2cccc(I)c2)cc1NC(C)=O. The standard InChI is InChI=1S/C20H18IN3O3/c1-13(25)22-17-12-15(8-9-19(17)27-2)23-20(26)18-7-4-10-24(18)16-6-3-5-14(21)11-16/h3-12H,1-2H3,(H,22,25)(H,23,26). The van der Waals surface area contributed by atoms with E-state index in [2.05, 4.69) is 33.2 Å². The van der Waals surface area contributed by atoms with Gasteiger partial charge < -0.3 is 19.9 Å². The lowest BCUT2D eigenvalue weighted by Crippen LogP contribution is -2.16. The number of carbonyl (C=O) groups excluding carboxylic acids is 2. The number of methoxy groups -OCH3 is 1. The number of nitrogens with zero attached hydrogens (tertiary/aromatic N) is 1. The quantitative estimate of drug-likeness (QED) is 0.541. The number of nitrogens with one attached hydrogen (secondary N) is 2. The lowest BCUT2D eigenvalue weighted by Gasteiger charge is -2.13. The van der Waals surface area contributed by atoms with Gasteiger partial charge in [-0.3, -0.25) is 9.59 Å². The van der Waals surface area contributed by atoms with Crippen molar-refractivity contribution in [3.63, 3.8) is 0 Å². The van der Waals surface area contributed by atoms with E-state index in [1.807, 2.05) is 41.1 Å². The molecule has 0 aliphatic heterocycles. The molecule has 0 fully saturated rings. The molecule has 2 aromatic carbocycles. The maximum absolute atomic E-state index is 12.8. The Labute approximate surface area is 170 Å². The van der Waals surface area contributed by atoms with Crippen LogP contribution in [-0.2, 0) is 4.79 Å². The van der Waals surface area contributed by atoms with E-state index in [0.717, 1.165) is 9.26 Å². The van der Waals surface area contributed by atoms with Crippen LogP contribution >= 0.6 is 22.6 Å². The molecular formula is C20H18IN3O3. The summed E-state index contributed by atoms with van der Waals surface area (Å²) in [7, 11) is 1.52. The zero-order valence-electron chi connectivity index (χ0n) is 14.8. The van der Waals surface area contributed by atoms with E-state index in [4.69, 9.17) is 4.74 Å². The predicted octanol–water partition coefficient (Wildman–Crippen LogP) is 4.30. The van der Waals surface area contributed by atoms with E-state index in [0.29, 0.717) is 22.8 Å². The molecule has 0 bridgehead atoms. The lowest BCUT2D eigenvalue weighted by atomic mass is 10.2. The van der Waals surface area contributed by atoms with Crippen molar-refractivity contribution in [1.82, 2.24) is 4.57 Å². The van der Waals surface area contributed by atoms with Crippen LogP contribution in [0.15, 0.2) is 60.8 Å². The van der Waals surface area contributed by atoms with Crippen LogP contribution in [-0.4, -0.2) is 23.5 Å². The van der Waals surface area contributed by atoms with Gasteiger partial charge >= 0.3 is 0 Å². The van der Waals surface area contributed by atoms with Crippen molar-refractivity contribution in [1.29, 1.82) is 0 Å². The van der Waals surface area contributed by atoms with Gasteiger partial charge in [0.1, 0.15) is 11.4 Å². The number of carbonyl (C=O) groups is 2. The molecule has 0 atom stereocenters. The minimum absolute atomic E-state index is 0.218. The van der Waals surface area contributed by atoms with E-state index < -0.39 is 0 Å². The number of benzene rings is 2. The number of hydrogen-bond acceptors (Lipinski definition) is 3. The highest BCUT2D eigenvalue weighted by Gasteiger charge is 2.14. The molecule has 0 saturated heterocycles. The zero-order valence-corrected chi connectivity index (χ0v) is 17.0. The van der Waals surface area contributed by atoms with E-state index in [1.54, 1.807) is 24.3 Å². The summed E-state index contributed by atoms with van der Waals surface area (Å²) in [5, 5.41) is 5.56. The van der Waals surface area contributed by atoms with Gasteiger partial charge in [-0.2, -0.15) is 0 Å². The molecule has 1 aromatic heterocycles. The van der Waals surface area contributed by atoms with Crippen molar-refractivity contribution in [3.8, 4) is 11.4 Å². The Morgan fingerprint density at radius 3 is 2.56 bits per heavy atom. The monoisotopic (exact) mass is 475 g/mol. The highest BCUT2D eigenvalue weighted by atomic mass is 127. The molecular weight excluding hydrogens is 457 g/mol. The fourth-order valence-electron chi connectivity index (χ4n) is 2.69. The third-order valence-corrected chi connectivity index (χ3v) is 4.51. The van der Waals surface area contributed by atoms with Crippen molar-refractivity contribution in [3.05, 3.63) is 70.1 Å². The number of halogens is 1. The topological polar surface area (TPSA) is 72.4 Å². The Hall–Kier alpha value is -2.81. The third kappa shape index (κ3) is 4.48. The Balaban J connectivity index is 1.87. The largest absolute Gasteiger partial charge is 0.495 e. The van der Waals surface area contributed by atoms with Gasteiger partial charge in [0.15, 0.2) is 0 Å². The number of rotatable bonds is 5. The molecule has 0 saturated carbocycles. The number of amides is 2. The number of hydrogen-bond donors (Lipinski definition) is 2. The van der Waals surface area contributed by atoms with Crippen LogP contribution in [0.1, 0.15) is 17.4 Å². The Bertz CT molecular complexity index is 998. The Morgan fingerprint density at radius 2 is 1.85 bits per heavy atom. The van der Waals surface area contributed by atoms with Gasteiger partial charge in [0.25, 0.3) is 5.91 Å². The maximum Gasteiger partial charge on any atom is 0.272 e. The third-order valence-electron chi connectivity index (χ3n) is 3.84. The minimum Gasteiger partial charge on any atom is -0.495 e. The molecule has 7 heteroatoms. The molecule has 6 nitrogen and oxygen atoms in total. The van der Waals surface area contributed by atoms with Crippen LogP contribution in [0.4, 0.5) is 11.4 Å². The van der Waals surface area contributed by atoms with Crippen molar-refractivity contribution in [2.75, 3.05) is 17.7 Å². The number of aromatic nitrogens is 1. The molecule has 138 valence electrons. The first-order chi connectivity index (χ1) is 13.0. The summed E-state index contributed by atoms with van der Waals surface area (Å²) in [6.45, 7) is 1.42. The van der Waals surface area contributed by atoms with Crippen LogP contribution < -0.4 is 15.4 Å². The highest BCUT2D eigenvalue weighted by Crippen LogP contribution is 2.28. The molecule has 0 unspecified atom stereocenters. The van der Waals surface area contributed by atoms with Gasteiger partial charge in [-0.1, -0.05) is 6.07 Å². The van der Waals surface area contributed by atoms with Gasteiger partial charge in [-0.25, -0.2) is 0 Å². The zero-order chi connectivity index (χ0) is 19.4. The van der Waals surface area contributed by atoms with Crippen LogP contribution in [0.2, 0.25) is 0 Å². The summed E-state index contributed by atoms with van der Waals surface area (Å²) in [4.78, 5) is 24.2. The average Bonchev–Trinajstić information content (AvgIpc) is 3.11. The maximum atomic E-state index is 12.8. The highest BCUT2D eigenvalue weighted by molar-refractivity contribution is 14.1. The smallest absolute Gasteiger partial charge is 0.272 e. The number of ether oxygens (including phenoxy) is 1. The van der Waals surface area contributed by atoms with Gasteiger partial charge in [-0.15, -0.1) is 0 Å². The molecule has 2 N–H and O–H groups in total. The van der Waals surface area contributed by atoms with Gasteiger partial charge in [0.05, 0.1) is 12.8 Å². The van der Waals surface area contributed by atoms with Crippen molar-refractivity contribution in [2.45, 2.75) is 6.92 Å². The van der Waals surface area contributed by atoms with Crippen LogP contribution in [0.25, 0.3) is 5.69 Å². The summed E-state index contributed by atoms with van der Waals surface area (Å²) >= 11 is 2.24. The Morgan fingerprint density at radius 1 is 1.04 bits per heavy atom. The van der Waals surface area contributed by atoms with Crippen molar-refractivity contribution < 1.29 is 14.3 Å². The van der Waals surface area contributed by atoms with Crippen LogP contribution in [0.5, 0.6) is 5.75 Å². The normalized spacial score (nSPS) is 10.3. The van der Waals surface area contributed by atoms with Gasteiger partial charge in [0, 0.05) is 28.1 Å². The van der Waals surface area contributed by atoms with Gasteiger partial charge in [0.2, 0.25) is 5.91 Å².